The minimum atomic E-state index is -0.497. The predicted molar refractivity (Wildman–Crippen MR) is 156 cm³/mol. The molecule has 0 bridgehead atoms. The Labute approximate surface area is 235 Å². The van der Waals surface area contributed by atoms with Gasteiger partial charge in [0.2, 0.25) is 0 Å². The fourth-order valence-electron chi connectivity index (χ4n) is 5.44. The van der Waals surface area contributed by atoms with Crippen LogP contribution < -0.4 is 10.3 Å². The first kappa shape index (κ1) is 28.0. The van der Waals surface area contributed by atoms with Crippen LogP contribution in [0.5, 0.6) is 5.75 Å². The van der Waals surface area contributed by atoms with E-state index in [0.29, 0.717) is 31.1 Å². The molecule has 2 aromatic heterocycles. The van der Waals surface area contributed by atoms with Crippen molar-refractivity contribution in [2.24, 2.45) is 0 Å². The van der Waals surface area contributed by atoms with Gasteiger partial charge in [0.1, 0.15) is 11.8 Å². The lowest BCUT2D eigenvalue weighted by molar-refractivity contribution is 0.0564. The van der Waals surface area contributed by atoms with Crippen molar-refractivity contribution >= 4 is 10.9 Å². The third-order valence-corrected chi connectivity index (χ3v) is 7.46. The maximum absolute atomic E-state index is 13.8. The number of aromatic nitrogens is 5. The number of nitrogens with zero attached hydrogens (tertiary/aromatic N) is 5. The highest BCUT2D eigenvalue weighted by Crippen LogP contribution is 2.32. The lowest BCUT2D eigenvalue weighted by Gasteiger charge is -2.34. The van der Waals surface area contributed by atoms with Gasteiger partial charge in [0.05, 0.1) is 18.2 Å². The van der Waals surface area contributed by atoms with Crippen molar-refractivity contribution in [2.45, 2.75) is 78.1 Å². The van der Waals surface area contributed by atoms with Gasteiger partial charge in [0.15, 0.2) is 5.82 Å². The normalized spacial score (nSPS) is 16.6. The highest BCUT2D eigenvalue weighted by Gasteiger charge is 2.35. The Morgan fingerprint density at radius 1 is 1.12 bits per heavy atom. The summed E-state index contributed by atoms with van der Waals surface area (Å²) in [5.41, 5.74) is 3.22. The molecule has 1 aliphatic rings. The lowest BCUT2D eigenvalue weighted by atomic mass is 9.99. The van der Waals surface area contributed by atoms with E-state index in [2.05, 4.69) is 77.4 Å². The molecule has 5 rings (SSSR count). The molecule has 0 spiro atoms. The van der Waals surface area contributed by atoms with E-state index in [0.717, 1.165) is 48.1 Å². The van der Waals surface area contributed by atoms with Gasteiger partial charge < -0.3 is 14.5 Å². The number of tetrazole rings is 1. The highest BCUT2D eigenvalue weighted by molar-refractivity contribution is 5.80. The maximum atomic E-state index is 13.8. The van der Waals surface area contributed by atoms with Gasteiger partial charge in [-0.05, 0) is 104 Å². The van der Waals surface area contributed by atoms with Crippen molar-refractivity contribution in [1.82, 2.24) is 30.1 Å². The first-order chi connectivity index (χ1) is 19.3. The van der Waals surface area contributed by atoms with Crippen LogP contribution in [0.3, 0.4) is 0 Å². The van der Waals surface area contributed by atoms with Crippen LogP contribution in [0.15, 0.2) is 53.3 Å². The van der Waals surface area contributed by atoms with Gasteiger partial charge in [0, 0.05) is 30.8 Å². The van der Waals surface area contributed by atoms with Crippen LogP contribution in [0, 0.1) is 0 Å². The van der Waals surface area contributed by atoms with E-state index in [1.807, 2.05) is 35.9 Å². The fourth-order valence-corrected chi connectivity index (χ4v) is 5.44. The van der Waals surface area contributed by atoms with Gasteiger partial charge in [0.25, 0.3) is 5.56 Å². The van der Waals surface area contributed by atoms with Crippen LogP contribution in [0.25, 0.3) is 10.9 Å². The van der Waals surface area contributed by atoms with E-state index in [4.69, 9.17) is 9.47 Å². The highest BCUT2D eigenvalue weighted by atomic mass is 16.5. The average Bonchev–Trinajstić information content (AvgIpc) is 3.63. The summed E-state index contributed by atoms with van der Waals surface area (Å²) in [4.78, 5) is 19.2. The zero-order chi connectivity index (χ0) is 28.3. The number of benzene rings is 2. The molecule has 212 valence electrons. The van der Waals surface area contributed by atoms with Crippen molar-refractivity contribution < 1.29 is 9.47 Å². The molecule has 1 fully saturated rings. The summed E-state index contributed by atoms with van der Waals surface area (Å²) in [5.74, 6) is 1.47. The zero-order valence-corrected chi connectivity index (χ0v) is 24.2. The van der Waals surface area contributed by atoms with Gasteiger partial charge in [-0.15, -0.1) is 5.10 Å². The predicted octanol–water partition coefficient (Wildman–Crippen LogP) is 5.00. The van der Waals surface area contributed by atoms with Crippen molar-refractivity contribution in [2.75, 3.05) is 19.8 Å². The molecule has 2 aromatic carbocycles. The molecule has 40 heavy (non-hydrogen) atoms. The van der Waals surface area contributed by atoms with Gasteiger partial charge in [-0.1, -0.05) is 25.1 Å². The maximum Gasteiger partial charge on any atom is 0.253 e. The summed E-state index contributed by atoms with van der Waals surface area (Å²) < 4.78 is 13.6. The standard InChI is InChI=1S/C31H40N6O3/c1-6-21-12-15-27-23(17-21)18-26(30(38)32-27)28(29-33-34-35-37(29)31(3,4)5)36(20-25-9-8-16-40-25)19-22-10-13-24(14-11-22)39-7-2/h10-15,17-18,25,28H,6-9,16,19-20H2,1-5H3,(H,32,38)/t25-,28+/m0/s1. The van der Waals surface area contributed by atoms with Crippen LogP contribution in [0.2, 0.25) is 0 Å². The molecule has 1 aliphatic heterocycles. The second kappa shape index (κ2) is 11.9. The second-order valence-electron chi connectivity index (χ2n) is 11.5. The molecule has 0 amide bonds. The van der Waals surface area contributed by atoms with Crippen molar-refractivity contribution in [1.29, 1.82) is 0 Å². The number of rotatable bonds is 10. The van der Waals surface area contributed by atoms with Crippen LogP contribution in [-0.4, -0.2) is 56.0 Å². The third kappa shape index (κ3) is 6.10. The molecule has 3 heterocycles. The van der Waals surface area contributed by atoms with Crippen molar-refractivity contribution in [3.05, 3.63) is 81.4 Å². The molecule has 2 atom stereocenters. The second-order valence-corrected chi connectivity index (χ2v) is 11.5. The molecule has 9 heteroatoms. The number of pyridine rings is 1. The number of ether oxygens (including phenoxy) is 2. The molecule has 0 radical (unpaired) electrons. The lowest BCUT2D eigenvalue weighted by Crippen LogP contribution is -2.40. The Bertz CT molecular complexity index is 1480. The molecule has 1 saturated heterocycles. The van der Waals surface area contributed by atoms with Gasteiger partial charge >= 0.3 is 0 Å². The monoisotopic (exact) mass is 544 g/mol. The van der Waals surface area contributed by atoms with Crippen LogP contribution >= 0.6 is 0 Å². The molecular formula is C31H40N6O3. The van der Waals surface area contributed by atoms with E-state index in [-0.39, 0.29) is 17.2 Å². The van der Waals surface area contributed by atoms with Crippen LogP contribution in [0.4, 0.5) is 0 Å². The van der Waals surface area contributed by atoms with E-state index in [1.54, 1.807) is 0 Å². The quantitative estimate of drug-likeness (QED) is 0.300. The Balaban J connectivity index is 1.66. The number of aryl methyl sites for hydroxylation is 1. The summed E-state index contributed by atoms with van der Waals surface area (Å²) in [6.07, 6.45) is 2.99. The van der Waals surface area contributed by atoms with Crippen LogP contribution in [-0.2, 0) is 23.2 Å². The van der Waals surface area contributed by atoms with Gasteiger partial charge in [-0.3, -0.25) is 9.69 Å². The summed E-state index contributed by atoms with van der Waals surface area (Å²) in [5, 5.41) is 14.0. The van der Waals surface area contributed by atoms with E-state index in [9.17, 15) is 4.79 Å². The van der Waals surface area contributed by atoms with E-state index in [1.165, 1.54) is 5.56 Å². The zero-order valence-electron chi connectivity index (χ0n) is 24.2. The summed E-state index contributed by atoms with van der Waals surface area (Å²) >= 11 is 0. The molecule has 0 unspecified atom stereocenters. The number of hydrogen-bond donors (Lipinski definition) is 1. The number of fused-ring (bicyclic) bond motifs is 1. The fraction of sp³-hybridized carbons (Fsp3) is 0.484. The molecule has 1 N–H and O–H groups in total. The minimum Gasteiger partial charge on any atom is -0.494 e. The summed E-state index contributed by atoms with van der Waals surface area (Å²) in [6.45, 7) is 12.9. The number of nitrogens with one attached hydrogen (secondary N) is 1. The Morgan fingerprint density at radius 2 is 1.90 bits per heavy atom. The topological polar surface area (TPSA) is 98.2 Å². The summed E-state index contributed by atoms with van der Waals surface area (Å²) in [6, 6.07) is 15.9. The Morgan fingerprint density at radius 3 is 2.58 bits per heavy atom. The van der Waals surface area contributed by atoms with Gasteiger partial charge in [-0.2, -0.15) is 0 Å². The number of aromatic amines is 1. The summed E-state index contributed by atoms with van der Waals surface area (Å²) in [7, 11) is 0. The van der Waals surface area contributed by atoms with E-state index >= 15 is 0 Å². The molecular weight excluding hydrogens is 504 g/mol. The number of hydrogen-bond acceptors (Lipinski definition) is 7. The SMILES string of the molecule is CCOc1ccc(CN(C[C@@H]2CCCO2)[C@H](c2cc3cc(CC)ccc3[nH]c2=O)c2nnnn2C(C)(C)C)cc1. The largest absolute Gasteiger partial charge is 0.494 e. The first-order valence-electron chi connectivity index (χ1n) is 14.3. The first-order valence-corrected chi connectivity index (χ1v) is 14.3. The minimum absolute atomic E-state index is 0.0652. The van der Waals surface area contributed by atoms with Crippen LogP contribution in [0.1, 0.15) is 76.0 Å². The molecule has 4 aromatic rings. The molecule has 0 saturated carbocycles. The van der Waals surface area contributed by atoms with E-state index < -0.39 is 6.04 Å². The Hall–Kier alpha value is -3.56. The molecule has 9 nitrogen and oxygen atoms in total. The molecule has 0 aliphatic carbocycles. The smallest absolute Gasteiger partial charge is 0.253 e. The third-order valence-electron chi connectivity index (χ3n) is 7.46. The van der Waals surface area contributed by atoms with Gasteiger partial charge in [-0.25, -0.2) is 4.68 Å². The average molecular weight is 545 g/mol. The Kier molecular flexibility index (Phi) is 8.32. The van der Waals surface area contributed by atoms with Crippen molar-refractivity contribution in [3.63, 3.8) is 0 Å². The van der Waals surface area contributed by atoms with Crippen molar-refractivity contribution in [3.8, 4) is 5.75 Å². The number of H-pyrrole nitrogens is 1.